The lowest BCUT2D eigenvalue weighted by molar-refractivity contribution is -0.870. The van der Waals surface area contributed by atoms with E-state index in [2.05, 4.69) is 111 Å². The van der Waals surface area contributed by atoms with Gasteiger partial charge >= 0.3 is 13.8 Å². The average Bonchev–Trinajstić information content (AvgIpc) is 3.44. The first kappa shape index (κ1) is 77.9. The van der Waals surface area contributed by atoms with Crippen LogP contribution in [0, 0.1) is 0 Å². The molecule has 9 nitrogen and oxygen atoms in total. The maximum absolute atomic E-state index is 13.6. The van der Waals surface area contributed by atoms with E-state index in [4.69, 9.17) is 13.8 Å². The summed E-state index contributed by atoms with van der Waals surface area (Å²) >= 11 is 0. The second-order valence-corrected chi connectivity index (χ2v) is 25.1. The van der Waals surface area contributed by atoms with Gasteiger partial charge in [-0.25, -0.2) is 4.57 Å². The fourth-order valence-corrected chi connectivity index (χ4v) is 10.1. The molecule has 0 bridgehead atoms. The monoisotopic (exact) mass is 1150 g/mol. The number of phosphoric ester groups is 1. The summed E-state index contributed by atoms with van der Waals surface area (Å²) in [5.41, 5.74) is 0. The van der Waals surface area contributed by atoms with Crippen LogP contribution in [0.15, 0.2) is 97.2 Å². The van der Waals surface area contributed by atoms with Crippen molar-refractivity contribution in [3.8, 4) is 0 Å². The van der Waals surface area contributed by atoms with E-state index in [0.29, 0.717) is 23.9 Å². The van der Waals surface area contributed by atoms with Crippen LogP contribution in [0.5, 0.6) is 0 Å². The highest BCUT2D eigenvalue weighted by atomic mass is 31.2. The minimum atomic E-state index is -4.47. The first-order chi connectivity index (χ1) is 39.4. The number of hydrogen-bond donors (Lipinski definition) is 2. The fourth-order valence-electron chi connectivity index (χ4n) is 9.35. The molecule has 0 aliphatic carbocycles. The van der Waals surface area contributed by atoms with Crippen molar-refractivity contribution in [1.29, 1.82) is 0 Å². The molecular weight excluding hydrogens is 1020 g/mol. The highest BCUT2D eigenvalue weighted by Gasteiger charge is 2.30. The Morgan fingerprint density at radius 3 is 1.22 bits per heavy atom. The zero-order valence-corrected chi connectivity index (χ0v) is 54.4. The lowest BCUT2D eigenvalue weighted by Gasteiger charge is -2.27. The Morgan fingerprint density at radius 1 is 0.444 bits per heavy atom. The van der Waals surface area contributed by atoms with E-state index in [-0.39, 0.29) is 31.5 Å². The van der Waals surface area contributed by atoms with Crippen molar-refractivity contribution in [2.75, 3.05) is 40.9 Å². The molecule has 0 saturated carbocycles. The third-order valence-electron chi connectivity index (χ3n) is 14.5. The van der Waals surface area contributed by atoms with Crippen LogP contribution >= 0.6 is 7.82 Å². The molecule has 0 aliphatic heterocycles. The molecule has 468 valence electrons. The van der Waals surface area contributed by atoms with Gasteiger partial charge < -0.3 is 19.4 Å². The molecule has 3 atom stereocenters. The molecule has 0 spiro atoms. The Bertz CT molecular complexity index is 1710. The van der Waals surface area contributed by atoms with Crippen molar-refractivity contribution in [2.45, 2.75) is 303 Å². The van der Waals surface area contributed by atoms with Crippen LogP contribution in [0.4, 0.5) is 0 Å². The maximum atomic E-state index is 13.6. The number of carbonyl (C=O) groups excluding carboxylic acids is 2. The number of nitrogens with zero attached hydrogens (tertiary/aromatic N) is 1. The lowest BCUT2D eigenvalue weighted by Crippen LogP contribution is -2.47. The van der Waals surface area contributed by atoms with Crippen molar-refractivity contribution in [2.24, 2.45) is 0 Å². The van der Waals surface area contributed by atoms with Gasteiger partial charge in [-0.05, 0) is 109 Å². The van der Waals surface area contributed by atoms with E-state index in [0.717, 1.165) is 96.3 Å². The number of allylic oxidation sites excluding steroid dienone is 15. The summed E-state index contributed by atoms with van der Waals surface area (Å²) in [7, 11) is 1.47. The number of hydrogen-bond acceptors (Lipinski definition) is 6. The Hall–Kier alpha value is -3.07. The van der Waals surface area contributed by atoms with E-state index in [1.165, 1.54) is 154 Å². The second kappa shape index (κ2) is 60.1. The van der Waals surface area contributed by atoms with Crippen molar-refractivity contribution < 1.29 is 37.3 Å². The molecule has 0 saturated heterocycles. The summed E-state index contributed by atoms with van der Waals surface area (Å²) in [6, 6.07) is -0.868. The van der Waals surface area contributed by atoms with Crippen molar-refractivity contribution in [3.63, 3.8) is 0 Å². The standard InChI is InChI=1S/C71H127N2O7P/c1-7-10-13-16-19-22-25-28-30-32-34-35-36-37-39-40-42-45-48-51-54-57-60-63-70(74)72-68(67-79-81(76,77)78-66-65-73(4,5)6)69(62-59-56-53-50-47-44-27-24-21-18-15-12-9-3)80-71(75)64-61-58-55-52-49-46-43-41-38-33-31-29-26-23-20-17-14-11-8-2/h11,14,19-20,22-23,28-31,38,41,46,49,59,62,68-69H,7-10,12-13,15-18,21,24-27,32-37,39-40,42-45,47-48,50-58,60-61,63-67H2,1-6H3,(H-,72,74,76,77)/p+1/b14-11-,22-19-,23-20-,30-28-,31-29-,41-38-,49-46-,62-59-. The summed E-state index contributed by atoms with van der Waals surface area (Å²) in [6.45, 7) is 6.87. The number of amides is 1. The molecule has 0 aromatic carbocycles. The normalized spacial score (nSPS) is 14.2. The number of rotatable bonds is 60. The molecule has 0 heterocycles. The predicted molar refractivity (Wildman–Crippen MR) is 350 cm³/mol. The van der Waals surface area contributed by atoms with Gasteiger partial charge in [0.1, 0.15) is 19.3 Å². The largest absolute Gasteiger partial charge is 0.472 e. The first-order valence-electron chi connectivity index (χ1n) is 33.6. The van der Waals surface area contributed by atoms with Crippen LogP contribution in [0.1, 0.15) is 290 Å². The van der Waals surface area contributed by atoms with Gasteiger partial charge in [-0.1, -0.05) is 266 Å². The van der Waals surface area contributed by atoms with Crippen molar-refractivity contribution in [1.82, 2.24) is 5.32 Å². The number of carbonyl (C=O) groups is 2. The molecule has 0 aliphatic rings. The summed E-state index contributed by atoms with van der Waals surface area (Å²) in [5.74, 6) is -0.541. The molecule has 2 N–H and O–H groups in total. The Balaban J connectivity index is 5.23. The van der Waals surface area contributed by atoms with E-state index in [9.17, 15) is 19.0 Å². The fraction of sp³-hybridized carbons (Fsp3) is 0.746. The zero-order valence-electron chi connectivity index (χ0n) is 53.5. The molecule has 0 rings (SSSR count). The molecule has 0 aromatic rings. The number of likely N-dealkylation sites (N-methyl/N-ethyl adjacent to an activating group) is 1. The molecule has 1 amide bonds. The highest BCUT2D eigenvalue weighted by molar-refractivity contribution is 7.47. The number of ether oxygens (including phenoxy) is 1. The number of unbranched alkanes of at least 4 members (excludes halogenated alkanes) is 30. The van der Waals surface area contributed by atoms with E-state index >= 15 is 0 Å². The molecular formula is C71H128N2O7P+. The van der Waals surface area contributed by atoms with E-state index in [1.54, 1.807) is 0 Å². The first-order valence-corrected chi connectivity index (χ1v) is 35.1. The van der Waals surface area contributed by atoms with Gasteiger partial charge in [0.15, 0.2) is 0 Å². The van der Waals surface area contributed by atoms with E-state index in [1.807, 2.05) is 33.3 Å². The number of nitrogens with one attached hydrogen (secondary N) is 1. The van der Waals surface area contributed by atoms with Gasteiger partial charge in [0, 0.05) is 12.8 Å². The van der Waals surface area contributed by atoms with Crippen LogP contribution in [0.2, 0.25) is 0 Å². The van der Waals surface area contributed by atoms with Crippen LogP contribution < -0.4 is 5.32 Å². The summed E-state index contributed by atoms with van der Waals surface area (Å²) in [6.07, 6.45) is 81.2. The van der Waals surface area contributed by atoms with Gasteiger partial charge in [0.05, 0.1) is 33.8 Å². The zero-order chi connectivity index (χ0) is 59.3. The molecule has 0 radical (unpaired) electrons. The van der Waals surface area contributed by atoms with Gasteiger partial charge in [0.2, 0.25) is 5.91 Å². The molecule has 3 unspecified atom stereocenters. The smallest absolute Gasteiger partial charge is 0.456 e. The average molecular weight is 1150 g/mol. The quantitative estimate of drug-likeness (QED) is 0.0205. The van der Waals surface area contributed by atoms with Crippen LogP contribution in [0.3, 0.4) is 0 Å². The molecule has 10 heteroatoms. The van der Waals surface area contributed by atoms with Gasteiger partial charge in [-0.2, -0.15) is 0 Å². The SMILES string of the molecule is CC/C=C\C/C=C\C/C=C\C/C=C\C/C=C\CCCCCC(=O)OC(/C=C\CCCCCCCCCCCCC)C(COP(=O)(O)OCC[N+](C)(C)C)NC(=O)CCCCCCCCCCCCCCC/C=C\C/C=C\CCCCC. The van der Waals surface area contributed by atoms with Crippen LogP contribution in [0.25, 0.3) is 0 Å². The highest BCUT2D eigenvalue weighted by Crippen LogP contribution is 2.43. The Labute approximate surface area is 500 Å². The number of quaternary nitrogens is 1. The number of esters is 1. The minimum absolute atomic E-state index is 0.0309. The number of phosphoric acid groups is 1. The molecule has 81 heavy (non-hydrogen) atoms. The van der Waals surface area contributed by atoms with Gasteiger partial charge in [0.25, 0.3) is 0 Å². The topological polar surface area (TPSA) is 111 Å². The third kappa shape index (κ3) is 61.3. The van der Waals surface area contributed by atoms with Crippen LogP contribution in [-0.4, -0.2) is 74.3 Å². The molecule has 0 aromatic heterocycles. The summed E-state index contributed by atoms with van der Waals surface area (Å²) < 4.78 is 30.8. The third-order valence-corrected chi connectivity index (χ3v) is 15.5. The van der Waals surface area contributed by atoms with Gasteiger partial charge in [-0.3, -0.25) is 18.6 Å². The Morgan fingerprint density at radius 2 is 0.790 bits per heavy atom. The lowest BCUT2D eigenvalue weighted by atomic mass is 10.0. The predicted octanol–water partition coefficient (Wildman–Crippen LogP) is 21.1. The summed E-state index contributed by atoms with van der Waals surface area (Å²) in [4.78, 5) is 37.8. The van der Waals surface area contributed by atoms with Crippen molar-refractivity contribution >= 4 is 19.7 Å². The maximum Gasteiger partial charge on any atom is 0.472 e. The minimum Gasteiger partial charge on any atom is -0.456 e. The molecule has 0 fully saturated rings. The summed E-state index contributed by atoms with van der Waals surface area (Å²) in [5, 5.41) is 3.06. The van der Waals surface area contributed by atoms with Gasteiger partial charge in [-0.15, -0.1) is 0 Å². The van der Waals surface area contributed by atoms with E-state index < -0.39 is 20.0 Å². The second-order valence-electron chi connectivity index (χ2n) is 23.6. The Kier molecular flexibility index (Phi) is 57.8. The van der Waals surface area contributed by atoms with Crippen molar-refractivity contribution in [3.05, 3.63) is 97.2 Å². The van der Waals surface area contributed by atoms with Crippen LogP contribution in [-0.2, 0) is 27.9 Å².